The molecular formula is C14H18FNO4. The number of nitrogens with one attached hydrogen (secondary N) is 1. The molecule has 0 heterocycles. The van der Waals surface area contributed by atoms with E-state index in [4.69, 9.17) is 0 Å². The van der Waals surface area contributed by atoms with E-state index in [0.717, 1.165) is 18.2 Å². The topological polar surface area (TPSA) is 75.6 Å². The molecule has 0 aromatic heterocycles. The van der Waals surface area contributed by atoms with Crippen LogP contribution in [0.1, 0.15) is 30.6 Å². The minimum atomic E-state index is -0.808. The van der Waals surface area contributed by atoms with Crippen LogP contribution in [0.2, 0.25) is 0 Å². The molecule has 0 aliphatic heterocycles. The number of halogens is 1. The third-order valence-corrected chi connectivity index (χ3v) is 2.70. The summed E-state index contributed by atoms with van der Waals surface area (Å²) >= 11 is 0. The predicted molar refractivity (Wildman–Crippen MR) is 70.8 cm³/mol. The van der Waals surface area contributed by atoms with Gasteiger partial charge in [-0.3, -0.25) is 4.79 Å². The van der Waals surface area contributed by atoms with Crippen LogP contribution in [0.15, 0.2) is 18.2 Å². The summed E-state index contributed by atoms with van der Waals surface area (Å²) in [5.74, 6) is -2.17. The van der Waals surface area contributed by atoms with Gasteiger partial charge in [0.2, 0.25) is 0 Å². The van der Waals surface area contributed by atoms with Crippen LogP contribution in [0.4, 0.5) is 4.39 Å². The maximum Gasteiger partial charge on any atom is 0.328 e. The highest BCUT2D eigenvalue weighted by Crippen LogP contribution is 2.18. The first-order chi connectivity index (χ1) is 9.35. The van der Waals surface area contributed by atoms with Crippen molar-refractivity contribution < 1.29 is 23.8 Å². The van der Waals surface area contributed by atoms with E-state index in [9.17, 15) is 19.1 Å². The molecule has 0 aliphatic rings. The number of ether oxygens (including phenoxy) is 1. The number of hydrogen-bond acceptors (Lipinski definition) is 4. The van der Waals surface area contributed by atoms with Crippen molar-refractivity contribution >= 4 is 11.9 Å². The fourth-order valence-electron chi connectivity index (χ4n) is 1.76. The fourth-order valence-corrected chi connectivity index (χ4v) is 1.76. The van der Waals surface area contributed by atoms with Gasteiger partial charge in [-0.2, -0.15) is 0 Å². The lowest BCUT2D eigenvalue weighted by molar-refractivity contribution is -0.143. The number of aromatic hydroxyl groups is 1. The molecule has 20 heavy (non-hydrogen) atoms. The molecule has 0 aliphatic carbocycles. The number of carbonyl (C=O) groups excluding carboxylic acids is 2. The van der Waals surface area contributed by atoms with Crippen molar-refractivity contribution in [3.8, 4) is 5.75 Å². The average Bonchev–Trinajstić information content (AvgIpc) is 2.36. The molecule has 0 saturated carbocycles. The first-order valence-corrected chi connectivity index (χ1v) is 6.22. The SMILES string of the molecule is COC(=O)C(CC(C)C)NC(=O)c1ccc(F)cc1O. The molecule has 1 amide bonds. The number of phenolic OH excluding ortho intramolecular Hbond substituents is 1. The average molecular weight is 283 g/mol. The molecule has 2 N–H and O–H groups in total. The third kappa shape index (κ3) is 4.22. The Bertz CT molecular complexity index is 502. The number of hydrogen-bond donors (Lipinski definition) is 2. The molecule has 0 bridgehead atoms. The lowest BCUT2D eigenvalue weighted by Crippen LogP contribution is -2.42. The van der Waals surface area contributed by atoms with Gasteiger partial charge < -0.3 is 15.2 Å². The van der Waals surface area contributed by atoms with Gasteiger partial charge in [-0.25, -0.2) is 9.18 Å². The number of carbonyl (C=O) groups is 2. The Balaban J connectivity index is 2.87. The largest absolute Gasteiger partial charge is 0.507 e. The minimum Gasteiger partial charge on any atom is -0.507 e. The lowest BCUT2D eigenvalue weighted by atomic mass is 10.0. The van der Waals surface area contributed by atoms with Gasteiger partial charge >= 0.3 is 5.97 Å². The standard InChI is InChI=1S/C14H18FNO4/c1-8(2)6-11(14(19)20-3)16-13(18)10-5-4-9(15)7-12(10)17/h4-5,7-8,11,17H,6H2,1-3H3,(H,16,18). The first kappa shape index (κ1) is 15.9. The zero-order valence-electron chi connectivity index (χ0n) is 11.6. The van der Waals surface area contributed by atoms with Crippen molar-refractivity contribution in [2.75, 3.05) is 7.11 Å². The molecular weight excluding hydrogens is 265 g/mol. The number of phenols is 1. The van der Waals surface area contributed by atoms with Crippen molar-refractivity contribution in [1.82, 2.24) is 5.32 Å². The normalized spacial score (nSPS) is 12.1. The number of esters is 1. The van der Waals surface area contributed by atoms with Gasteiger partial charge in [-0.1, -0.05) is 13.8 Å². The molecule has 1 unspecified atom stereocenters. The molecule has 1 rings (SSSR count). The van der Waals surface area contributed by atoms with Crippen molar-refractivity contribution in [3.63, 3.8) is 0 Å². The monoisotopic (exact) mass is 283 g/mol. The fraction of sp³-hybridized carbons (Fsp3) is 0.429. The summed E-state index contributed by atoms with van der Waals surface area (Å²) in [5.41, 5.74) is -0.0935. The van der Waals surface area contributed by atoms with E-state index in [0.29, 0.717) is 6.42 Å². The van der Waals surface area contributed by atoms with Crippen LogP contribution in [0, 0.1) is 11.7 Å². The van der Waals surface area contributed by atoms with E-state index in [2.05, 4.69) is 10.1 Å². The Morgan fingerprint density at radius 2 is 2.05 bits per heavy atom. The van der Waals surface area contributed by atoms with Crippen LogP contribution in [0.25, 0.3) is 0 Å². The van der Waals surface area contributed by atoms with Crippen LogP contribution in [0.3, 0.4) is 0 Å². The van der Waals surface area contributed by atoms with Crippen LogP contribution >= 0.6 is 0 Å². The molecule has 110 valence electrons. The Hall–Kier alpha value is -2.11. The summed E-state index contributed by atoms with van der Waals surface area (Å²) < 4.78 is 17.5. The van der Waals surface area contributed by atoms with Crippen LogP contribution in [-0.2, 0) is 9.53 Å². The Morgan fingerprint density at radius 1 is 1.40 bits per heavy atom. The number of amides is 1. The van der Waals surface area contributed by atoms with Crippen LogP contribution < -0.4 is 5.32 Å². The van der Waals surface area contributed by atoms with E-state index in [1.165, 1.54) is 7.11 Å². The van der Waals surface area contributed by atoms with E-state index in [1.807, 2.05) is 13.8 Å². The summed E-state index contributed by atoms with van der Waals surface area (Å²) in [6, 6.07) is 2.25. The molecule has 1 aromatic carbocycles. The molecule has 1 atom stereocenters. The zero-order chi connectivity index (χ0) is 15.3. The van der Waals surface area contributed by atoms with E-state index >= 15 is 0 Å². The number of methoxy groups -OCH3 is 1. The first-order valence-electron chi connectivity index (χ1n) is 6.22. The number of rotatable bonds is 5. The molecule has 6 heteroatoms. The molecule has 0 radical (unpaired) electrons. The Labute approximate surface area is 116 Å². The second-order valence-electron chi connectivity index (χ2n) is 4.84. The van der Waals surface area contributed by atoms with Crippen LogP contribution in [-0.4, -0.2) is 30.1 Å². The molecule has 0 spiro atoms. The van der Waals surface area contributed by atoms with E-state index < -0.39 is 29.5 Å². The second-order valence-corrected chi connectivity index (χ2v) is 4.84. The van der Waals surface area contributed by atoms with Gasteiger partial charge in [-0.05, 0) is 24.5 Å². The van der Waals surface area contributed by atoms with Crippen molar-refractivity contribution in [2.45, 2.75) is 26.3 Å². The van der Waals surface area contributed by atoms with Gasteiger partial charge in [0.1, 0.15) is 17.6 Å². The summed E-state index contributed by atoms with van der Waals surface area (Å²) in [5, 5.41) is 12.0. The van der Waals surface area contributed by atoms with Gasteiger partial charge in [0.15, 0.2) is 0 Å². The van der Waals surface area contributed by atoms with E-state index in [-0.39, 0.29) is 11.5 Å². The highest BCUT2D eigenvalue weighted by atomic mass is 19.1. The van der Waals surface area contributed by atoms with Crippen molar-refractivity contribution in [3.05, 3.63) is 29.6 Å². The Kier molecular flexibility index (Phi) is 5.49. The second kappa shape index (κ2) is 6.88. The van der Waals surface area contributed by atoms with Gasteiger partial charge in [0.25, 0.3) is 5.91 Å². The predicted octanol–water partition coefficient (Wildman–Crippen LogP) is 1.85. The summed E-state index contributed by atoms with van der Waals surface area (Å²) in [4.78, 5) is 23.6. The van der Waals surface area contributed by atoms with Crippen molar-refractivity contribution in [2.24, 2.45) is 5.92 Å². The van der Waals surface area contributed by atoms with Gasteiger partial charge in [0.05, 0.1) is 12.7 Å². The summed E-state index contributed by atoms with van der Waals surface area (Å²) in [7, 11) is 1.23. The van der Waals surface area contributed by atoms with Gasteiger partial charge in [0, 0.05) is 6.07 Å². The highest BCUT2D eigenvalue weighted by molar-refractivity contribution is 5.98. The van der Waals surface area contributed by atoms with E-state index in [1.54, 1.807) is 0 Å². The minimum absolute atomic E-state index is 0.0935. The van der Waals surface area contributed by atoms with Crippen molar-refractivity contribution in [1.29, 1.82) is 0 Å². The number of benzene rings is 1. The van der Waals surface area contributed by atoms with Gasteiger partial charge in [-0.15, -0.1) is 0 Å². The molecule has 0 saturated heterocycles. The van der Waals surface area contributed by atoms with Crippen LogP contribution in [0.5, 0.6) is 5.75 Å². The maximum atomic E-state index is 12.9. The third-order valence-electron chi connectivity index (χ3n) is 2.70. The summed E-state index contributed by atoms with van der Waals surface area (Å²) in [6.45, 7) is 3.80. The zero-order valence-corrected chi connectivity index (χ0v) is 11.6. The smallest absolute Gasteiger partial charge is 0.328 e. The lowest BCUT2D eigenvalue weighted by Gasteiger charge is -2.18. The maximum absolute atomic E-state index is 12.9. The Morgan fingerprint density at radius 3 is 2.55 bits per heavy atom. The molecule has 1 aromatic rings. The summed E-state index contributed by atoms with van der Waals surface area (Å²) in [6.07, 6.45) is 0.403. The quantitative estimate of drug-likeness (QED) is 0.809. The molecule has 5 nitrogen and oxygen atoms in total. The molecule has 0 fully saturated rings. The highest BCUT2D eigenvalue weighted by Gasteiger charge is 2.24.